The van der Waals surface area contributed by atoms with Gasteiger partial charge in [-0.2, -0.15) is 0 Å². The highest BCUT2D eigenvalue weighted by Crippen LogP contribution is 2.16. The van der Waals surface area contributed by atoms with Crippen molar-refractivity contribution >= 4 is 11.9 Å². The van der Waals surface area contributed by atoms with Crippen molar-refractivity contribution in [2.45, 2.75) is 13.0 Å². The van der Waals surface area contributed by atoms with Gasteiger partial charge in [-0.25, -0.2) is 4.79 Å². The highest BCUT2D eigenvalue weighted by molar-refractivity contribution is 5.97. The molecule has 0 aromatic heterocycles. The highest BCUT2D eigenvalue weighted by atomic mass is 16.5. The van der Waals surface area contributed by atoms with E-state index in [1.165, 1.54) is 17.7 Å². The summed E-state index contributed by atoms with van der Waals surface area (Å²) in [5.74, 6) is -0.287. The Morgan fingerprint density at radius 1 is 1.00 bits per heavy atom. The van der Waals surface area contributed by atoms with E-state index in [0.717, 1.165) is 31.8 Å². The lowest BCUT2D eigenvalue weighted by Gasteiger charge is -2.22. The monoisotopic (exact) mass is 368 g/mol. The van der Waals surface area contributed by atoms with Gasteiger partial charge in [-0.3, -0.25) is 9.69 Å². The first-order valence-electron chi connectivity index (χ1n) is 9.05. The fraction of sp³-hybridized carbons (Fsp3) is 0.333. The van der Waals surface area contributed by atoms with Crippen LogP contribution < -0.4 is 4.74 Å². The minimum absolute atomic E-state index is 0.107. The fourth-order valence-electron chi connectivity index (χ4n) is 3.29. The van der Waals surface area contributed by atoms with Gasteiger partial charge in [-0.05, 0) is 42.3 Å². The quantitative estimate of drug-likeness (QED) is 0.879. The molecule has 142 valence electrons. The first-order valence-corrected chi connectivity index (χ1v) is 9.05. The lowest BCUT2D eigenvalue weighted by atomic mass is 10.1. The minimum Gasteiger partial charge on any atom is -0.497 e. The third-order valence-corrected chi connectivity index (χ3v) is 4.80. The highest BCUT2D eigenvalue weighted by Gasteiger charge is 2.21. The largest absolute Gasteiger partial charge is 0.497 e. The summed E-state index contributed by atoms with van der Waals surface area (Å²) in [7, 11) is 1.65. The summed E-state index contributed by atoms with van der Waals surface area (Å²) in [6, 6.07) is 14.3. The van der Waals surface area contributed by atoms with E-state index >= 15 is 0 Å². The number of amides is 1. The van der Waals surface area contributed by atoms with Crippen LogP contribution in [-0.4, -0.2) is 60.1 Å². The molecule has 1 heterocycles. The van der Waals surface area contributed by atoms with Crippen LogP contribution in [0.4, 0.5) is 0 Å². The molecular formula is C21H24N2O4. The Morgan fingerprint density at radius 3 is 2.44 bits per heavy atom. The van der Waals surface area contributed by atoms with Crippen LogP contribution in [0.5, 0.6) is 5.75 Å². The zero-order chi connectivity index (χ0) is 19.2. The Morgan fingerprint density at radius 2 is 1.74 bits per heavy atom. The van der Waals surface area contributed by atoms with Gasteiger partial charge in [0.1, 0.15) is 5.75 Å². The third kappa shape index (κ3) is 4.86. The zero-order valence-corrected chi connectivity index (χ0v) is 15.4. The molecule has 0 spiro atoms. The molecule has 0 unspecified atom stereocenters. The molecule has 0 bridgehead atoms. The van der Waals surface area contributed by atoms with Crippen molar-refractivity contribution in [2.24, 2.45) is 0 Å². The number of benzene rings is 2. The van der Waals surface area contributed by atoms with Gasteiger partial charge < -0.3 is 14.7 Å². The maximum absolute atomic E-state index is 12.8. The van der Waals surface area contributed by atoms with E-state index in [1.54, 1.807) is 19.2 Å². The number of hydrogen-bond acceptors (Lipinski definition) is 4. The average Bonchev–Trinajstić information content (AvgIpc) is 2.93. The number of hydrogen-bond donors (Lipinski definition) is 1. The molecule has 0 atom stereocenters. The van der Waals surface area contributed by atoms with Gasteiger partial charge in [-0.1, -0.05) is 18.2 Å². The van der Waals surface area contributed by atoms with Crippen molar-refractivity contribution in [3.8, 4) is 5.75 Å². The summed E-state index contributed by atoms with van der Waals surface area (Å²) in [4.78, 5) is 28.0. The Bertz CT molecular complexity index is 804. The maximum atomic E-state index is 12.8. The second kappa shape index (κ2) is 8.68. The van der Waals surface area contributed by atoms with Gasteiger partial charge in [0.05, 0.1) is 12.7 Å². The molecule has 6 heteroatoms. The van der Waals surface area contributed by atoms with Crippen molar-refractivity contribution in [3.63, 3.8) is 0 Å². The first kappa shape index (κ1) is 18.9. The number of carbonyl (C=O) groups is 2. The number of ether oxygens (including phenoxy) is 1. The summed E-state index contributed by atoms with van der Waals surface area (Å²) in [6.07, 6.45) is 0.889. The molecule has 1 fully saturated rings. The van der Waals surface area contributed by atoms with Gasteiger partial charge >= 0.3 is 5.97 Å². The van der Waals surface area contributed by atoms with Gasteiger partial charge in [-0.15, -0.1) is 0 Å². The topological polar surface area (TPSA) is 70.1 Å². The van der Waals surface area contributed by atoms with Crippen LogP contribution >= 0.6 is 0 Å². The predicted octanol–water partition coefficient (Wildman–Crippen LogP) is 2.74. The molecule has 2 aromatic rings. The SMILES string of the molecule is COc1ccc(CN2CCCN(C(=O)c3cccc(C(=O)O)c3)CC2)cc1. The summed E-state index contributed by atoms with van der Waals surface area (Å²) in [5.41, 5.74) is 1.78. The number of carbonyl (C=O) groups excluding carboxylic acids is 1. The number of rotatable bonds is 5. The molecule has 0 saturated carbocycles. The summed E-state index contributed by atoms with van der Waals surface area (Å²) >= 11 is 0. The lowest BCUT2D eigenvalue weighted by molar-refractivity contribution is 0.0697. The van der Waals surface area contributed by atoms with Crippen LogP contribution in [0.1, 0.15) is 32.7 Å². The molecule has 1 aliphatic rings. The third-order valence-electron chi connectivity index (χ3n) is 4.80. The number of carboxylic acids is 1. The Hall–Kier alpha value is -2.86. The zero-order valence-electron chi connectivity index (χ0n) is 15.4. The Kier molecular flexibility index (Phi) is 6.08. The van der Waals surface area contributed by atoms with E-state index in [2.05, 4.69) is 17.0 Å². The van der Waals surface area contributed by atoms with E-state index in [1.807, 2.05) is 17.0 Å². The molecule has 1 amide bonds. The Labute approximate surface area is 159 Å². The Balaban J connectivity index is 1.61. The summed E-state index contributed by atoms with van der Waals surface area (Å²) in [5, 5.41) is 9.11. The van der Waals surface area contributed by atoms with Crippen LogP contribution in [0.25, 0.3) is 0 Å². The van der Waals surface area contributed by atoms with Gasteiger partial charge in [0.25, 0.3) is 5.91 Å². The van der Waals surface area contributed by atoms with Crippen LogP contribution in [0.15, 0.2) is 48.5 Å². The molecule has 0 aliphatic carbocycles. The molecule has 1 N–H and O–H groups in total. The summed E-state index contributed by atoms with van der Waals surface area (Å²) < 4.78 is 5.19. The molecule has 2 aromatic carbocycles. The van der Waals surface area contributed by atoms with Crippen LogP contribution in [0, 0.1) is 0 Å². The number of methoxy groups -OCH3 is 1. The number of aromatic carboxylic acids is 1. The first-order chi connectivity index (χ1) is 13.1. The van der Waals surface area contributed by atoms with Crippen molar-refractivity contribution < 1.29 is 19.4 Å². The average molecular weight is 368 g/mol. The number of nitrogens with zero attached hydrogens (tertiary/aromatic N) is 2. The van der Waals surface area contributed by atoms with Gasteiger partial charge in [0, 0.05) is 38.3 Å². The maximum Gasteiger partial charge on any atom is 0.335 e. The molecule has 0 radical (unpaired) electrons. The molecule has 6 nitrogen and oxygen atoms in total. The minimum atomic E-state index is -1.02. The predicted molar refractivity (Wildman–Crippen MR) is 102 cm³/mol. The van der Waals surface area contributed by atoms with E-state index in [4.69, 9.17) is 9.84 Å². The van der Waals surface area contributed by atoms with Crippen molar-refractivity contribution in [2.75, 3.05) is 33.3 Å². The molecule has 27 heavy (non-hydrogen) atoms. The fourth-order valence-corrected chi connectivity index (χ4v) is 3.29. The van der Waals surface area contributed by atoms with Gasteiger partial charge in [0.15, 0.2) is 0 Å². The van der Waals surface area contributed by atoms with Gasteiger partial charge in [0.2, 0.25) is 0 Å². The second-order valence-corrected chi connectivity index (χ2v) is 6.66. The van der Waals surface area contributed by atoms with E-state index in [-0.39, 0.29) is 11.5 Å². The van der Waals surface area contributed by atoms with Crippen LogP contribution in [0.2, 0.25) is 0 Å². The summed E-state index contributed by atoms with van der Waals surface area (Å²) in [6.45, 7) is 3.85. The van der Waals surface area contributed by atoms with E-state index < -0.39 is 5.97 Å². The van der Waals surface area contributed by atoms with Crippen molar-refractivity contribution in [1.82, 2.24) is 9.80 Å². The van der Waals surface area contributed by atoms with Crippen LogP contribution in [-0.2, 0) is 6.54 Å². The van der Waals surface area contributed by atoms with E-state index in [9.17, 15) is 9.59 Å². The number of carboxylic acid groups (broad SMARTS) is 1. The molecular weight excluding hydrogens is 344 g/mol. The van der Waals surface area contributed by atoms with Crippen LogP contribution in [0.3, 0.4) is 0 Å². The smallest absolute Gasteiger partial charge is 0.335 e. The van der Waals surface area contributed by atoms with Crippen molar-refractivity contribution in [1.29, 1.82) is 0 Å². The van der Waals surface area contributed by atoms with Crippen molar-refractivity contribution in [3.05, 3.63) is 65.2 Å². The lowest BCUT2D eigenvalue weighted by Crippen LogP contribution is -2.35. The normalized spacial score (nSPS) is 15.2. The molecule has 1 saturated heterocycles. The van der Waals surface area contributed by atoms with E-state index in [0.29, 0.717) is 18.7 Å². The second-order valence-electron chi connectivity index (χ2n) is 6.66. The molecule has 1 aliphatic heterocycles. The molecule has 3 rings (SSSR count). The standard InChI is InChI=1S/C21H24N2O4/c1-27-19-8-6-16(7-9-19)15-22-10-3-11-23(13-12-22)20(24)17-4-2-5-18(14-17)21(25)26/h2,4-9,14H,3,10-13,15H2,1H3,(H,25,26).